The minimum absolute atomic E-state index is 0.0528. The molecule has 28 heavy (non-hydrogen) atoms. The molecule has 0 aliphatic carbocycles. The molecule has 1 aromatic heterocycles. The molecule has 0 radical (unpaired) electrons. The van der Waals surface area contributed by atoms with E-state index in [-0.39, 0.29) is 17.5 Å². The monoisotopic (exact) mass is 404 g/mol. The van der Waals surface area contributed by atoms with Crippen molar-refractivity contribution in [2.24, 2.45) is 5.92 Å². The van der Waals surface area contributed by atoms with Crippen LogP contribution in [-0.4, -0.2) is 27.0 Å². The second-order valence-corrected chi connectivity index (χ2v) is 8.09. The molecule has 1 unspecified atom stereocenters. The molecule has 2 heterocycles. The first-order valence-electron chi connectivity index (χ1n) is 9.49. The molecule has 7 nitrogen and oxygen atoms in total. The molecule has 1 saturated heterocycles. The average Bonchev–Trinajstić information content (AvgIpc) is 3.18. The van der Waals surface area contributed by atoms with Crippen molar-refractivity contribution in [1.29, 1.82) is 0 Å². The first kappa shape index (κ1) is 20.3. The van der Waals surface area contributed by atoms with Gasteiger partial charge in [-0.25, -0.2) is 0 Å². The Hall–Kier alpha value is -2.41. The normalized spacial score (nSPS) is 16.8. The van der Waals surface area contributed by atoms with Crippen LogP contribution in [0.1, 0.15) is 61.3 Å². The summed E-state index contributed by atoms with van der Waals surface area (Å²) in [6, 6.07) is 4.62. The van der Waals surface area contributed by atoms with Crippen LogP contribution >= 0.6 is 11.6 Å². The second kappa shape index (κ2) is 7.91. The average molecular weight is 405 g/mol. The molecule has 0 bridgehead atoms. The predicted molar refractivity (Wildman–Crippen MR) is 109 cm³/mol. The summed E-state index contributed by atoms with van der Waals surface area (Å²) in [5, 5.41) is 16.9. The van der Waals surface area contributed by atoms with Crippen molar-refractivity contribution in [1.82, 2.24) is 9.78 Å². The van der Waals surface area contributed by atoms with E-state index in [4.69, 9.17) is 11.6 Å². The van der Waals surface area contributed by atoms with Crippen molar-refractivity contribution in [3.05, 3.63) is 50.3 Å². The molecular formula is C20H25ClN4O3. The quantitative estimate of drug-likeness (QED) is 0.386. The van der Waals surface area contributed by atoms with Crippen molar-refractivity contribution < 1.29 is 9.72 Å². The van der Waals surface area contributed by atoms with Crippen LogP contribution < -0.4 is 4.90 Å². The van der Waals surface area contributed by atoms with Gasteiger partial charge < -0.3 is 4.90 Å². The number of ketones is 1. The number of hydrogen-bond acceptors (Lipinski definition) is 5. The molecule has 0 spiro atoms. The molecule has 1 atom stereocenters. The Morgan fingerprint density at radius 3 is 2.75 bits per heavy atom. The minimum atomic E-state index is -0.423. The largest absolute Gasteiger partial charge is 0.359 e. The number of nitro groups is 1. The van der Waals surface area contributed by atoms with Gasteiger partial charge in [-0.3, -0.25) is 19.6 Å². The standard InChI is InChI=1S/C20H25ClN4O3/c1-12(2)11-24-20(21)19(13(3)22-24)17-6-5-9-23(17)16-8-7-15(14(4)26)10-18(16)25(27)28/h7-8,10,12,17H,5-6,9,11H2,1-4H3. The second-order valence-electron chi connectivity index (χ2n) is 7.73. The molecule has 2 aromatic rings. The lowest BCUT2D eigenvalue weighted by atomic mass is 10.0. The highest BCUT2D eigenvalue weighted by Crippen LogP contribution is 2.43. The molecule has 8 heteroatoms. The number of carbonyl (C=O) groups excluding carboxylic acids is 1. The number of nitrogens with zero attached hydrogens (tertiary/aromatic N) is 4. The fourth-order valence-corrected chi connectivity index (χ4v) is 4.27. The van der Waals surface area contributed by atoms with Crippen molar-refractivity contribution in [2.45, 2.75) is 53.1 Å². The van der Waals surface area contributed by atoms with E-state index < -0.39 is 4.92 Å². The van der Waals surface area contributed by atoms with Gasteiger partial charge in [0.25, 0.3) is 5.69 Å². The third kappa shape index (κ3) is 3.76. The summed E-state index contributed by atoms with van der Waals surface area (Å²) in [6.45, 7) is 8.96. The fraction of sp³-hybridized carbons (Fsp3) is 0.500. The Bertz CT molecular complexity index is 922. The van der Waals surface area contributed by atoms with E-state index in [1.54, 1.807) is 12.1 Å². The van der Waals surface area contributed by atoms with Gasteiger partial charge in [-0.1, -0.05) is 25.4 Å². The van der Waals surface area contributed by atoms with Crippen molar-refractivity contribution in [2.75, 3.05) is 11.4 Å². The molecule has 0 saturated carbocycles. The number of halogens is 1. The lowest BCUT2D eigenvalue weighted by molar-refractivity contribution is -0.384. The Morgan fingerprint density at radius 2 is 2.14 bits per heavy atom. The van der Waals surface area contributed by atoms with Gasteiger partial charge in [-0.15, -0.1) is 0 Å². The molecule has 0 N–H and O–H groups in total. The van der Waals surface area contributed by atoms with Crippen LogP contribution in [0.5, 0.6) is 0 Å². The zero-order valence-electron chi connectivity index (χ0n) is 16.6. The molecule has 1 fully saturated rings. The summed E-state index contributed by atoms with van der Waals surface area (Å²) in [5.74, 6) is 0.214. The maximum Gasteiger partial charge on any atom is 0.293 e. The third-order valence-electron chi connectivity index (χ3n) is 5.12. The van der Waals surface area contributed by atoms with E-state index >= 15 is 0 Å². The number of aryl methyl sites for hydroxylation is 1. The summed E-state index contributed by atoms with van der Waals surface area (Å²) in [6.07, 6.45) is 1.75. The highest BCUT2D eigenvalue weighted by atomic mass is 35.5. The molecule has 1 aromatic carbocycles. The van der Waals surface area contributed by atoms with E-state index in [2.05, 4.69) is 18.9 Å². The number of carbonyl (C=O) groups is 1. The maximum atomic E-state index is 11.7. The summed E-state index contributed by atoms with van der Waals surface area (Å²) in [4.78, 5) is 24.9. The first-order valence-corrected chi connectivity index (χ1v) is 9.87. The smallest absolute Gasteiger partial charge is 0.293 e. The highest BCUT2D eigenvalue weighted by Gasteiger charge is 2.35. The highest BCUT2D eigenvalue weighted by molar-refractivity contribution is 6.30. The first-order chi connectivity index (χ1) is 13.2. The summed E-state index contributed by atoms with van der Waals surface area (Å²) in [5.41, 5.74) is 2.59. The molecule has 0 amide bonds. The third-order valence-corrected chi connectivity index (χ3v) is 5.52. The molecule has 3 rings (SSSR count). The van der Waals surface area contributed by atoms with Crippen LogP contribution in [0.3, 0.4) is 0 Å². The maximum absolute atomic E-state index is 11.7. The SMILES string of the molecule is CC(=O)c1ccc(N2CCCC2c2c(C)nn(CC(C)C)c2Cl)c([N+](=O)[O-])c1. The van der Waals surface area contributed by atoms with Crippen molar-refractivity contribution >= 4 is 28.8 Å². The number of nitro benzene ring substituents is 1. The van der Waals surface area contributed by atoms with E-state index in [9.17, 15) is 14.9 Å². The Labute approximate surface area is 169 Å². The van der Waals surface area contributed by atoms with Gasteiger partial charge in [-0.05, 0) is 44.7 Å². The number of Topliss-reactive ketones (excluding diaryl/α,β-unsaturated/α-hetero) is 1. The van der Waals surface area contributed by atoms with Crippen LogP contribution in [0, 0.1) is 23.0 Å². The van der Waals surface area contributed by atoms with Gasteiger partial charge in [0.1, 0.15) is 10.8 Å². The zero-order chi connectivity index (χ0) is 20.6. The lowest BCUT2D eigenvalue weighted by Gasteiger charge is -2.27. The van der Waals surface area contributed by atoms with Crippen LogP contribution in [0.2, 0.25) is 5.15 Å². The van der Waals surface area contributed by atoms with Gasteiger partial charge in [0, 0.05) is 30.3 Å². The van der Waals surface area contributed by atoms with Crippen LogP contribution in [-0.2, 0) is 6.54 Å². The fourth-order valence-electron chi connectivity index (χ4n) is 3.90. The van der Waals surface area contributed by atoms with Crippen molar-refractivity contribution in [3.63, 3.8) is 0 Å². The van der Waals surface area contributed by atoms with Crippen LogP contribution in [0.4, 0.5) is 11.4 Å². The number of benzene rings is 1. The Balaban J connectivity index is 2.04. The summed E-state index contributed by atoms with van der Waals surface area (Å²) in [7, 11) is 0. The molecular weight excluding hydrogens is 380 g/mol. The van der Waals surface area contributed by atoms with Gasteiger partial charge >= 0.3 is 0 Å². The topological polar surface area (TPSA) is 81.3 Å². The molecule has 1 aliphatic rings. The van der Waals surface area contributed by atoms with Crippen molar-refractivity contribution in [3.8, 4) is 0 Å². The van der Waals surface area contributed by atoms with Crippen LogP contribution in [0.15, 0.2) is 18.2 Å². The van der Waals surface area contributed by atoms with E-state index in [1.807, 2.05) is 16.5 Å². The Morgan fingerprint density at radius 1 is 1.43 bits per heavy atom. The molecule has 150 valence electrons. The van der Waals surface area contributed by atoms with Gasteiger partial charge in [-0.2, -0.15) is 5.10 Å². The van der Waals surface area contributed by atoms with E-state index in [0.29, 0.717) is 28.9 Å². The van der Waals surface area contributed by atoms with E-state index in [1.165, 1.54) is 13.0 Å². The summed E-state index contributed by atoms with van der Waals surface area (Å²) >= 11 is 6.67. The number of rotatable bonds is 6. The number of hydrogen-bond donors (Lipinski definition) is 0. The zero-order valence-corrected chi connectivity index (χ0v) is 17.4. The lowest BCUT2D eigenvalue weighted by Crippen LogP contribution is -2.24. The minimum Gasteiger partial charge on any atom is -0.359 e. The van der Waals surface area contributed by atoms with Crippen LogP contribution in [0.25, 0.3) is 0 Å². The predicted octanol–water partition coefficient (Wildman–Crippen LogP) is 4.95. The Kier molecular flexibility index (Phi) is 5.74. The van der Waals surface area contributed by atoms with Gasteiger partial charge in [0.2, 0.25) is 0 Å². The number of aromatic nitrogens is 2. The molecule has 1 aliphatic heterocycles. The van der Waals surface area contributed by atoms with Gasteiger partial charge in [0.05, 0.1) is 16.7 Å². The number of anilines is 1. The van der Waals surface area contributed by atoms with Gasteiger partial charge in [0.15, 0.2) is 5.78 Å². The summed E-state index contributed by atoms with van der Waals surface area (Å²) < 4.78 is 1.82. The van der Waals surface area contributed by atoms with E-state index in [0.717, 1.165) is 30.6 Å².